The number of hydrazine groups is 1. The molecule has 0 radical (unpaired) electrons. The molecule has 2 heterocycles. The highest BCUT2D eigenvalue weighted by atomic mass is 32.1. The number of hydrogen-bond acceptors (Lipinski definition) is 5. The largest absolute Gasteiger partial charge is 0.331 e. The molecule has 5 nitrogen and oxygen atoms in total. The highest BCUT2D eigenvalue weighted by molar-refractivity contribution is 7.80. The molecule has 2 aromatic heterocycles. The van der Waals surface area contributed by atoms with Crippen molar-refractivity contribution in [3.05, 3.63) is 57.7 Å². The van der Waals surface area contributed by atoms with Gasteiger partial charge in [0.25, 0.3) is 5.91 Å². The summed E-state index contributed by atoms with van der Waals surface area (Å²) in [5.41, 5.74) is 8.75. The lowest BCUT2D eigenvalue weighted by Gasteiger charge is -2.12. The van der Waals surface area contributed by atoms with Crippen LogP contribution in [0, 0.1) is 0 Å². The van der Waals surface area contributed by atoms with E-state index in [0.717, 1.165) is 16.3 Å². The van der Waals surface area contributed by atoms with Gasteiger partial charge in [-0.1, -0.05) is 26.0 Å². The number of nitrogens with zero attached hydrogens (tertiary/aromatic N) is 1. The highest BCUT2D eigenvalue weighted by Crippen LogP contribution is 2.25. The lowest BCUT2D eigenvalue weighted by molar-refractivity contribution is 0.0940. The second-order valence-electron chi connectivity index (χ2n) is 5.86. The van der Waals surface area contributed by atoms with Gasteiger partial charge >= 0.3 is 0 Å². The number of amides is 1. The molecule has 0 spiro atoms. The van der Waals surface area contributed by atoms with E-state index in [-0.39, 0.29) is 5.91 Å². The molecule has 0 aliphatic heterocycles. The summed E-state index contributed by atoms with van der Waals surface area (Å²) in [6.07, 6.45) is 0. The van der Waals surface area contributed by atoms with Crippen LogP contribution in [0.1, 0.15) is 35.8 Å². The van der Waals surface area contributed by atoms with Gasteiger partial charge in [0.1, 0.15) is 10.7 Å². The maximum Gasteiger partial charge on any atom is 0.289 e. The zero-order valence-electron chi connectivity index (χ0n) is 14.3. The van der Waals surface area contributed by atoms with E-state index < -0.39 is 0 Å². The van der Waals surface area contributed by atoms with Crippen LogP contribution in [0.4, 0.5) is 5.69 Å². The van der Waals surface area contributed by atoms with E-state index in [1.54, 1.807) is 16.7 Å². The number of thiocarbonyl (C=S) groups is 1. The van der Waals surface area contributed by atoms with Gasteiger partial charge in [-0.25, -0.2) is 4.98 Å². The van der Waals surface area contributed by atoms with E-state index in [1.807, 2.05) is 29.0 Å². The molecule has 0 atom stereocenters. The molecule has 8 heteroatoms. The minimum absolute atomic E-state index is 0.309. The summed E-state index contributed by atoms with van der Waals surface area (Å²) in [6, 6.07) is 10.00. The van der Waals surface area contributed by atoms with Crippen LogP contribution in [0.3, 0.4) is 0 Å². The molecule has 0 unspecified atom stereocenters. The zero-order chi connectivity index (χ0) is 18.5. The van der Waals surface area contributed by atoms with Crippen molar-refractivity contribution in [2.45, 2.75) is 19.8 Å². The standard InChI is InChI=1S/C18H18N4OS3/c1-11(2)12-3-5-14(6-4-12)19-18(24)22-21-16(23)15-10-26-17(20-15)13-7-8-25-9-13/h3-11H,1-2H3,(H,21,23)(H2,19,22,24). The van der Waals surface area contributed by atoms with Gasteiger partial charge in [0.15, 0.2) is 5.11 Å². The zero-order valence-corrected chi connectivity index (χ0v) is 16.7. The summed E-state index contributed by atoms with van der Waals surface area (Å²) in [6.45, 7) is 4.29. The molecule has 0 aliphatic carbocycles. The Kier molecular flexibility index (Phi) is 5.97. The van der Waals surface area contributed by atoms with Crippen LogP contribution >= 0.6 is 34.9 Å². The molecule has 3 aromatic rings. The average molecular weight is 403 g/mol. The maximum atomic E-state index is 12.2. The molecule has 134 valence electrons. The summed E-state index contributed by atoms with van der Waals surface area (Å²) in [7, 11) is 0. The fourth-order valence-electron chi connectivity index (χ4n) is 2.19. The van der Waals surface area contributed by atoms with Crippen LogP contribution in [-0.2, 0) is 0 Å². The first-order valence-electron chi connectivity index (χ1n) is 7.98. The first kappa shape index (κ1) is 18.5. The normalized spacial score (nSPS) is 10.6. The summed E-state index contributed by atoms with van der Waals surface area (Å²) in [5, 5.41) is 9.87. The number of anilines is 1. The van der Waals surface area contributed by atoms with Gasteiger partial charge in [-0.05, 0) is 47.3 Å². The quantitative estimate of drug-likeness (QED) is 0.439. The van der Waals surface area contributed by atoms with Crippen molar-refractivity contribution in [3.63, 3.8) is 0 Å². The van der Waals surface area contributed by atoms with Gasteiger partial charge in [-0.2, -0.15) is 11.3 Å². The van der Waals surface area contributed by atoms with Crippen molar-refractivity contribution in [1.82, 2.24) is 15.8 Å². The minimum Gasteiger partial charge on any atom is -0.331 e. The Hall–Kier alpha value is -2.29. The van der Waals surface area contributed by atoms with Crippen molar-refractivity contribution < 1.29 is 4.79 Å². The van der Waals surface area contributed by atoms with Crippen LogP contribution < -0.4 is 16.2 Å². The Balaban J connectivity index is 1.52. The molecule has 3 rings (SSSR count). The van der Waals surface area contributed by atoms with Crippen LogP contribution in [-0.4, -0.2) is 16.0 Å². The molecule has 1 aromatic carbocycles. The molecular formula is C18H18N4OS3. The lowest BCUT2D eigenvalue weighted by Crippen LogP contribution is -2.43. The van der Waals surface area contributed by atoms with Gasteiger partial charge in [0.05, 0.1) is 0 Å². The Morgan fingerprint density at radius 3 is 2.54 bits per heavy atom. The first-order chi connectivity index (χ1) is 12.5. The lowest BCUT2D eigenvalue weighted by atomic mass is 10.0. The van der Waals surface area contributed by atoms with Crippen LogP contribution in [0.5, 0.6) is 0 Å². The molecule has 3 N–H and O–H groups in total. The summed E-state index contributed by atoms with van der Waals surface area (Å²) >= 11 is 8.24. The third kappa shape index (κ3) is 4.66. The number of hydrogen-bond donors (Lipinski definition) is 3. The van der Waals surface area contributed by atoms with Crippen molar-refractivity contribution in [3.8, 4) is 10.6 Å². The first-order valence-corrected chi connectivity index (χ1v) is 10.2. The molecule has 0 bridgehead atoms. The smallest absolute Gasteiger partial charge is 0.289 e. The maximum absolute atomic E-state index is 12.2. The van der Waals surface area contributed by atoms with Gasteiger partial charge in [0.2, 0.25) is 0 Å². The van der Waals surface area contributed by atoms with Crippen LogP contribution in [0.25, 0.3) is 10.6 Å². The second-order valence-corrected chi connectivity index (χ2v) is 7.91. The number of rotatable bonds is 4. The number of thiophene rings is 1. The summed E-state index contributed by atoms with van der Waals surface area (Å²) in [5.74, 6) is 0.146. The molecule has 0 aliphatic rings. The predicted molar refractivity (Wildman–Crippen MR) is 113 cm³/mol. The molecular weight excluding hydrogens is 384 g/mol. The monoisotopic (exact) mass is 402 g/mol. The van der Waals surface area contributed by atoms with Crippen LogP contribution in [0.15, 0.2) is 46.5 Å². The molecule has 26 heavy (non-hydrogen) atoms. The predicted octanol–water partition coefficient (Wildman–Crippen LogP) is 4.63. The Labute approximate surface area is 165 Å². The fraction of sp³-hybridized carbons (Fsp3) is 0.167. The van der Waals surface area contributed by atoms with Gasteiger partial charge in [-0.3, -0.25) is 15.6 Å². The Morgan fingerprint density at radius 1 is 1.12 bits per heavy atom. The Morgan fingerprint density at radius 2 is 1.88 bits per heavy atom. The number of carbonyl (C=O) groups excluding carboxylic acids is 1. The van der Waals surface area contributed by atoms with Gasteiger partial charge in [-0.15, -0.1) is 11.3 Å². The SMILES string of the molecule is CC(C)c1ccc(NC(=S)NNC(=O)c2csc(-c3ccsc3)n2)cc1. The molecule has 1 amide bonds. The van der Waals surface area contributed by atoms with Crippen molar-refractivity contribution in [1.29, 1.82) is 0 Å². The molecule has 0 saturated carbocycles. The number of aromatic nitrogens is 1. The second kappa shape index (κ2) is 8.39. The third-order valence-corrected chi connectivity index (χ3v) is 5.41. The van der Waals surface area contributed by atoms with E-state index in [2.05, 4.69) is 47.1 Å². The number of nitrogens with one attached hydrogen (secondary N) is 3. The van der Waals surface area contributed by atoms with E-state index in [1.165, 1.54) is 16.9 Å². The number of benzene rings is 1. The third-order valence-electron chi connectivity index (χ3n) is 3.63. The summed E-state index contributed by atoms with van der Waals surface area (Å²) in [4.78, 5) is 16.5. The van der Waals surface area contributed by atoms with Crippen LogP contribution in [0.2, 0.25) is 0 Å². The van der Waals surface area contributed by atoms with E-state index in [9.17, 15) is 4.79 Å². The van der Waals surface area contributed by atoms with Gasteiger partial charge in [0, 0.05) is 22.0 Å². The number of carbonyl (C=O) groups is 1. The van der Waals surface area contributed by atoms with Gasteiger partial charge < -0.3 is 5.32 Å². The molecule has 0 saturated heterocycles. The highest BCUT2D eigenvalue weighted by Gasteiger charge is 2.12. The van der Waals surface area contributed by atoms with E-state index in [0.29, 0.717) is 16.7 Å². The topological polar surface area (TPSA) is 66.0 Å². The van der Waals surface area contributed by atoms with Crippen molar-refractivity contribution in [2.24, 2.45) is 0 Å². The Bertz CT molecular complexity index is 886. The van der Waals surface area contributed by atoms with E-state index >= 15 is 0 Å². The fourth-order valence-corrected chi connectivity index (χ4v) is 3.87. The summed E-state index contributed by atoms with van der Waals surface area (Å²) < 4.78 is 0. The van der Waals surface area contributed by atoms with E-state index in [4.69, 9.17) is 12.2 Å². The average Bonchev–Trinajstić information content (AvgIpc) is 3.31. The minimum atomic E-state index is -0.331. The number of thiazole rings is 1. The van der Waals surface area contributed by atoms with Crippen molar-refractivity contribution in [2.75, 3.05) is 5.32 Å². The molecule has 0 fully saturated rings. The van der Waals surface area contributed by atoms with Crippen molar-refractivity contribution >= 4 is 51.6 Å².